The van der Waals surface area contributed by atoms with Gasteiger partial charge in [0.25, 0.3) is 5.91 Å². The van der Waals surface area contributed by atoms with E-state index in [-0.39, 0.29) is 17.1 Å². The van der Waals surface area contributed by atoms with E-state index in [9.17, 15) is 27.1 Å². The second kappa shape index (κ2) is 6.06. The van der Waals surface area contributed by atoms with Crippen molar-refractivity contribution in [1.29, 1.82) is 0 Å². The molecule has 1 aromatic carbocycles. The Hall–Kier alpha value is -2.55. The number of hydrogen-bond donors (Lipinski definition) is 2. The number of halogens is 2. The van der Waals surface area contributed by atoms with Gasteiger partial charge in [0.05, 0.1) is 4.90 Å². The molecule has 1 aromatic heterocycles. The maximum absolute atomic E-state index is 12.4. The number of anilines is 1. The Kier molecular flexibility index (Phi) is 4.36. The van der Waals surface area contributed by atoms with E-state index in [0.717, 1.165) is 24.3 Å². The Morgan fingerprint density at radius 3 is 2.36 bits per heavy atom. The molecule has 0 aliphatic heterocycles. The van der Waals surface area contributed by atoms with Crippen molar-refractivity contribution in [2.45, 2.75) is 10.7 Å². The normalized spacial score (nSPS) is 11.4. The number of benzene rings is 1. The first-order chi connectivity index (χ1) is 10.3. The van der Waals surface area contributed by atoms with Gasteiger partial charge in [-0.1, -0.05) is 0 Å². The molecule has 0 radical (unpaired) electrons. The smallest absolute Gasteiger partial charge is 0.341 e. The Labute approximate surface area is 124 Å². The molecule has 22 heavy (non-hydrogen) atoms. The summed E-state index contributed by atoms with van der Waals surface area (Å²) >= 11 is 0. The monoisotopic (exact) mass is 328 g/mol. The number of sulfone groups is 1. The molecule has 0 saturated carbocycles. The minimum atomic E-state index is -4.70. The summed E-state index contributed by atoms with van der Waals surface area (Å²) in [5.41, 5.74) is 0.0262. The first-order valence-corrected chi connectivity index (χ1v) is 7.44. The number of aromatic nitrogens is 1. The van der Waals surface area contributed by atoms with E-state index in [4.69, 9.17) is 0 Å². The number of nitrogens with one attached hydrogen (secondary N) is 1. The van der Waals surface area contributed by atoms with Crippen LogP contribution in [0.25, 0.3) is 0 Å². The summed E-state index contributed by atoms with van der Waals surface area (Å²) in [5, 5.41) is 11.8. The van der Waals surface area contributed by atoms with Crippen molar-refractivity contribution in [2.75, 3.05) is 5.32 Å². The van der Waals surface area contributed by atoms with E-state index in [1.165, 1.54) is 18.3 Å². The number of amides is 1. The van der Waals surface area contributed by atoms with E-state index in [1.807, 2.05) is 0 Å². The predicted molar refractivity (Wildman–Crippen MR) is 73.5 cm³/mol. The molecule has 0 saturated heterocycles. The van der Waals surface area contributed by atoms with Crippen molar-refractivity contribution in [3.63, 3.8) is 0 Å². The zero-order chi connectivity index (χ0) is 16.3. The molecule has 0 spiro atoms. The average Bonchev–Trinajstić information content (AvgIpc) is 2.49. The van der Waals surface area contributed by atoms with Gasteiger partial charge in [0.2, 0.25) is 9.84 Å². The molecule has 1 heterocycles. The molecule has 2 aromatic rings. The van der Waals surface area contributed by atoms with Crippen LogP contribution in [0.2, 0.25) is 0 Å². The number of hydrogen-bond acceptors (Lipinski definition) is 5. The van der Waals surface area contributed by atoms with E-state index >= 15 is 0 Å². The van der Waals surface area contributed by atoms with Crippen LogP contribution in [0.1, 0.15) is 10.4 Å². The van der Waals surface area contributed by atoms with E-state index in [0.29, 0.717) is 0 Å². The summed E-state index contributed by atoms with van der Waals surface area (Å²) < 4.78 is 47.3. The summed E-state index contributed by atoms with van der Waals surface area (Å²) in [7, 11) is -4.70. The summed E-state index contributed by atoms with van der Waals surface area (Å²) in [5.74, 6) is -4.52. The number of carbonyl (C=O) groups is 1. The van der Waals surface area contributed by atoms with Crippen LogP contribution in [-0.4, -0.2) is 30.2 Å². The molecule has 1 amide bonds. The highest BCUT2D eigenvalue weighted by molar-refractivity contribution is 7.91. The minimum Gasteiger partial charge on any atom is -0.504 e. The van der Waals surface area contributed by atoms with Crippen LogP contribution >= 0.6 is 0 Å². The first kappa shape index (κ1) is 15.8. The number of alkyl halides is 2. The average molecular weight is 328 g/mol. The lowest BCUT2D eigenvalue weighted by Crippen LogP contribution is -2.14. The van der Waals surface area contributed by atoms with Crippen molar-refractivity contribution in [3.05, 3.63) is 48.2 Å². The van der Waals surface area contributed by atoms with Gasteiger partial charge in [-0.25, -0.2) is 13.4 Å². The molecule has 0 atom stereocenters. The topological polar surface area (TPSA) is 96.4 Å². The Balaban J connectivity index is 2.21. The van der Waals surface area contributed by atoms with Crippen LogP contribution in [0.15, 0.2) is 47.5 Å². The lowest BCUT2D eigenvalue weighted by Gasteiger charge is -2.07. The number of aromatic hydroxyl groups is 1. The zero-order valence-electron chi connectivity index (χ0n) is 10.9. The van der Waals surface area contributed by atoms with Gasteiger partial charge < -0.3 is 10.4 Å². The number of nitrogens with zero attached hydrogens (tertiary/aromatic N) is 1. The maximum Gasteiger partial charge on any atom is 0.341 e. The molecule has 0 aliphatic carbocycles. The van der Waals surface area contributed by atoms with Gasteiger partial charge in [-0.3, -0.25) is 4.79 Å². The van der Waals surface area contributed by atoms with E-state index in [1.54, 1.807) is 0 Å². The molecular formula is C13H10F2N2O4S. The fraction of sp³-hybridized carbons (Fsp3) is 0.0769. The van der Waals surface area contributed by atoms with Crippen molar-refractivity contribution in [3.8, 4) is 5.75 Å². The van der Waals surface area contributed by atoms with Gasteiger partial charge in [-0.05, 0) is 36.4 Å². The highest BCUT2D eigenvalue weighted by atomic mass is 32.2. The van der Waals surface area contributed by atoms with Crippen molar-refractivity contribution < 1.29 is 27.1 Å². The maximum atomic E-state index is 12.4. The summed E-state index contributed by atoms with van der Waals surface area (Å²) in [6, 6.07) is 6.79. The lowest BCUT2D eigenvalue weighted by atomic mass is 10.2. The quantitative estimate of drug-likeness (QED) is 0.895. The largest absolute Gasteiger partial charge is 0.504 e. The molecule has 6 nitrogen and oxygen atoms in total. The van der Waals surface area contributed by atoms with Crippen molar-refractivity contribution in [1.82, 2.24) is 4.98 Å². The van der Waals surface area contributed by atoms with Gasteiger partial charge in [0, 0.05) is 11.8 Å². The lowest BCUT2D eigenvalue weighted by molar-refractivity contribution is 0.102. The van der Waals surface area contributed by atoms with Crippen molar-refractivity contribution in [2.24, 2.45) is 0 Å². The molecule has 9 heteroatoms. The number of carbonyl (C=O) groups excluding carboxylic acids is 1. The van der Waals surface area contributed by atoms with Gasteiger partial charge in [-0.15, -0.1) is 0 Å². The van der Waals surface area contributed by atoms with Gasteiger partial charge in [0.1, 0.15) is 0 Å². The Morgan fingerprint density at radius 2 is 1.82 bits per heavy atom. The third-order valence-electron chi connectivity index (χ3n) is 2.70. The molecule has 0 unspecified atom stereocenters. The molecule has 2 rings (SSSR count). The Morgan fingerprint density at radius 1 is 1.18 bits per heavy atom. The molecule has 116 valence electrons. The molecule has 0 bridgehead atoms. The Bertz CT molecular complexity index is 792. The van der Waals surface area contributed by atoms with E-state index in [2.05, 4.69) is 10.3 Å². The SMILES string of the molecule is O=C(Nc1ncccc1O)c1ccc(S(=O)(=O)C(F)F)cc1. The highest BCUT2D eigenvalue weighted by Crippen LogP contribution is 2.21. The van der Waals surface area contributed by atoms with Crippen molar-refractivity contribution >= 4 is 21.6 Å². The fourth-order valence-corrected chi connectivity index (χ4v) is 2.29. The first-order valence-electron chi connectivity index (χ1n) is 5.90. The second-order valence-corrected chi connectivity index (χ2v) is 6.07. The number of pyridine rings is 1. The van der Waals surface area contributed by atoms with Gasteiger partial charge in [0.15, 0.2) is 11.6 Å². The van der Waals surface area contributed by atoms with Crippen LogP contribution in [-0.2, 0) is 9.84 Å². The van der Waals surface area contributed by atoms with Crippen LogP contribution in [0.4, 0.5) is 14.6 Å². The second-order valence-electron chi connectivity index (χ2n) is 4.16. The van der Waals surface area contributed by atoms with Crippen LogP contribution in [0.5, 0.6) is 5.75 Å². The minimum absolute atomic E-state index is 0.0262. The fourth-order valence-electron chi connectivity index (χ4n) is 1.57. The standard InChI is InChI=1S/C13H10F2N2O4S/c14-13(15)22(20,21)9-5-3-8(4-6-9)12(19)17-11-10(18)2-1-7-16-11/h1-7,13,18H,(H,16,17,19). The molecular weight excluding hydrogens is 318 g/mol. The van der Waals surface area contributed by atoms with Gasteiger partial charge >= 0.3 is 5.76 Å². The van der Waals surface area contributed by atoms with Crippen LogP contribution < -0.4 is 5.32 Å². The molecule has 2 N–H and O–H groups in total. The molecule has 0 fully saturated rings. The zero-order valence-corrected chi connectivity index (χ0v) is 11.7. The van der Waals surface area contributed by atoms with Crippen LogP contribution in [0.3, 0.4) is 0 Å². The summed E-state index contributed by atoms with van der Waals surface area (Å²) in [6.45, 7) is 0. The summed E-state index contributed by atoms with van der Waals surface area (Å²) in [6.07, 6.45) is 1.35. The number of rotatable bonds is 4. The highest BCUT2D eigenvalue weighted by Gasteiger charge is 2.26. The van der Waals surface area contributed by atoms with Crippen LogP contribution in [0, 0.1) is 0 Å². The summed E-state index contributed by atoms with van der Waals surface area (Å²) in [4.78, 5) is 15.1. The molecule has 0 aliphatic rings. The third-order valence-corrected chi connectivity index (χ3v) is 4.10. The predicted octanol–water partition coefficient (Wildman–Crippen LogP) is 2.04. The third kappa shape index (κ3) is 3.19. The van der Waals surface area contributed by atoms with E-state index < -0.39 is 26.4 Å². The van der Waals surface area contributed by atoms with Gasteiger partial charge in [-0.2, -0.15) is 8.78 Å².